The number of carbonyl (C=O) groups is 1. The molecule has 0 fully saturated rings. The molecular formula is C21H14F6N6O. The molecule has 0 aliphatic rings. The maximum Gasteiger partial charge on any atom is 0.433 e. The van der Waals surface area contributed by atoms with Gasteiger partial charge in [0.15, 0.2) is 0 Å². The van der Waals surface area contributed by atoms with E-state index >= 15 is 0 Å². The number of nitrogen functional groups attached to an aromatic ring is 1. The van der Waals surface area contributed by atoms with Crippen LogP contribution in [0.4, 0.5) is 37.8 Å². The van der Waals surface area contributed by atoms with Gasteiger partial charge in [-0.2, -0.15) is 31.4 Å². The molecule has 3 aromatic heterocycles. The zero-order valence-electron chi connectivity index (χ0n) is 17.2. The van der Waals surface area contributed by atoms with Gasteiger partial charge in [0, 0.05) is 36.1 Å². The predicted molar refractivity (Wildman–Crippen MR) is 111 cm³/mol. The van der Waals surface area contributed by atoms with Crippen LogP contribution in [0.5, 0.6) is 0 Å². The van der Waals surface area contributed by atoms with Crippen LogP contribution in [0.2, 0.25) is 0 Å². The summed E-state index contributed by atoms with van der Waals surface area (Å²) in [7, 11) is 1.13. The number of aromatic nitrogens is 4. The molecule has 7 nitrogen and oxygen atoms in total. The van der Waals surface area contributed by atoms with Crippen molar-refractivity contribution < 1.29 is 31.1 Å². The molecule has 3 N–H and O–H groups in total. The molecule has 0 aliphatic carbocycles. The fourth-order valence-electron chi connectivity index (χ4n) is 3.53. The molecule has 1 amide bonds. The third-order valence-corrected chi connectivity index (χ3v) is 4.95. The van der Waals surface area contributed by atoms with E-state index in [0.29, 0.717) is 16.8 Å². The van der Waals surface area contributed by atoms with Gasteiger partial charge in [0.25, 0.3) is 5.91 Å². The Hall–Kier alpha value is -4.16. The van der Waals surface area contributed by atoms with E-state index in [0.717, 1.165) is 24.0 Å². The van der Waals surface area contributed by atoms with Gasteiger partial charge in [-0.25, -0.2) is 4.98 Å². The summed E-state index contributed by atoms with van der Waals surface area (Å²) in [6.45, 7) is 0. The molecule has 0 spiro atoms. The van der Waals surface area contributed by atoms with E-state index in [1.165, 1.54) is 24.4 Å². The third kappa shape index (κ3) is 4.11. The second-order valence-corrected chi connectivity index (χ2v) is 7.17. The number of hydrogen-bond acceptors (Lipinski definition) is 5. The Labute approximate surface area is 187 Å². The number of nitrogens with zero attached hydrogens (tertiary/aromatic N) is 4. The topological polar surface area (TPSA) is 98.7 Å². The Bertz CT molecular complexity index is 1410. The van der Waals surface area contributed by atoms with E-state index in [4.69, 9.17) is 5.73 Å². The molecule has 4 aromatic rings. The number of nitrogens with one attached hydrogen (secondary N) is 1. The highest BCUT2D eigenvalue weighted by Crippen LogP contribution is 2.41. The molecule has 176 valence electrons. The lowest BCUT2D eigenvalue weighted by Crippen LogP contribution is -2.21. The van der Waals surface area contributed by atoms with Crippen molar-refractivity contribution in [1.82, 2.24) is 19.7 Å². The van der Waals surface area contributed by atoms with Gasteiger partial charge >= 0.3 is 12.4 Å². The van der Waals surface area contributed by atoms with Gasteiger partial charge in [-0.05, 0) is 23.6 Å². The first kappa shape index (κ1) is 23.0. The van der Waals surface area contributed by atoms with Crippen LogP contribution in [0.15, 0.2) is 48.8 Å². The summed E-state index contributed by atoms with van der Waals surface area (Å²) in [5, 5.41) is 6.71. The number of amides is 1. The summed E-state index contributed by atoms with van der Waals surface area (Å²) < 4.78 is 82.0. The Morgan fingerprint density at radius 1 is 0.971 bits per heavy atom. The quantitative estimate of drug-likeness (QED) is 0.407. The van der Waals surface area contributed by atoms with E-state index in [-0.39, 0.29) is 17.1 Å². The van der Waals surface area contributed by atoms with Gasteiger partial charge in [0.2, 0.25) is 0 Å². The average molecular weight is 480 g/mol. The Morgan fingerprint density at radius 3 is 2.35 bits per heavy atom. The standard InChI is InChI=1S/C21H14F6N6O/c1-33-17(19(34)31-10-5-7-29-14(9-10)20(22,23)24)15(21(25,26)27)16(32-33)12-3-2-4-13-11(12)6-8-30-18(13)28/h2-9H,1H3,(H2,28,30)(H,29,31,34). The lowest BCUT2D eigenvalue weighted by atomic mass is 9.99. The van der Waals surface area contributed by atoms with Crippen molar-refractivity contribution in [2.75, 3.05) is 11.1 Å². The first-order valence-corrected chi connectivity index (χ1v) is 9.50. The third-order valence-electron chi connectivity index (χ3n) is 4.95. The van der Waals surface area contributed by atoms with Crippen LogP contribution in [0, 0.1) is 0 Å². The number of hydrogen-bond donors (Lipinski definition) is 2. The highest BCUT2D eigenvalue weighted by Gasteiger charge is 2.42. The molecule has 1 aromatic carbocycles. The zero-order valence-corrected chi connectivity index (χ0v) is 17.2. The number of alkyl halides is 6. The summed E-state index contributed by atoms with van der Waals surface area (Å²) in [5.41, 5.74) is 1.42. The predicted octanol–water partition coefficient (Wildman–Crippen LogP) is 4.90. The second kappa shape index (κ2) is 8.01. The molecule has 0 bridgehead atoms. The van der Waals surface area contributed by atoms with Crippen molar-refractivity contribution in [3.05, 3.63) is 65.7 Å². The van der Waals surface area contributed by atoms with E-state index in [2.05, 4.69) is 20.4 Å². The van der Waals surface area contributed by atoms with E-state index in [1.807, 2.05) is 0 Å². The van der Waals surface area contributed by atoms with Crippen molar-refractivity contribution in [2.45, 2.75) is 12.4 Å². The van der Waals surface area contributed by atoms with Crippen LogP contribution in [-0.4, -0.2) is 25.7 Å². The number of carbonyl (C=O) groups excluding carboxylic acids is 1. The fraction of sp³-hybridized carbons (Fsp3) is 0.143. The molecule has 13 heteroatoms. The van der Waals surface area contributed by atoms with Gasteiger partial charge in [-0.3, -0.25) is 14.5 Å². The van der Waals surface area contributed by atoms with Crippen molar-refractivity contribution in [3.63, 3.8) is 0 Å². The smallest absolute Gasteiger partial charge is 0.383 e. The Morgan fingerprint density at radius 2 is 1.68 bits per heavy atom. The molecule has 0 unspecified atom stereocenters. The Balaban J connectivity index is 1.85. The molecule has 0 radical (unpaired) electrons. The number of fused-ring (bicyclic) bond motifs is 1. The van der Waals surface area contributed by atoms with Crippen LogP contribution in [0.3, 0.4) is 0 Å². The number of anilines is 2. The van der Waals surface area contributed by atoms with E-state index < -0.39 is 40.9 Å². The van der Waals surface area contributed by atoms with E-state index in [1.54, 1.807) is 6.07 Å². The average Bonchev–Trinajstić information content (AvgIpc) is 3.11. The molecule has 0 saturated carbocycles. The SMILES string of the molecule is Cn1nc(-c2cccc3c(N)nccc23)c(C(F)(F)F)c1C(=O)Nc1ccnc(C(F)(F)F)c1. The number of halogens is 6. The highest BCUT2D eigenvalue weighted by atomic mass is 19.4. The molecular weight excluding hydrogens is 466 g/mol. The molecule has 3 heterocycles. The van der Waals surface area contributed by atoms with Crippen LogP contribution in [0.25, 0.3) is 22.0 Å². The summed E-state index contributed by atoms with van der Waals surface area (Å²) >= 11 is 0. The Kier molecular flexibility index (Phi) is 5.42. The minimum atomic E-state index is -5.02. The monoisotopic (exact) mass is 480 g/mol. The largest absolute Gasteiger partial charge is 0.433 e. The number of aryl methyl sites for hydroxylation is 1. The normalized spacial score (nSPS) is 12.2. The van der Waals surface area contributed by atoms with Gasteiger partial charge in [-0.15, -0.1) is 0 Å². The van der Waals surface area contributed by atoms with Gasteiger partial charge in [-0.1, -0.05) is 18.2 Å². The summed E-state index contributed by atoms with van der Waals surface area (Å²) in [6.07, 6.45) is -7.71. The van der Waals surface area contributed by atoms with Crippen molar-refractivity contribution >= 4 is 28.2 Å². The molecule has 0 atom stereocenters. The number of nitrogens with two attached hydrogens (primary N) is 1. The van der Waals surface area contributed by atoms with Gasteiger partial charge in [0.05, 0.1) is 0 Å². The number of pyridine rings is 2. The fourth-order valence-corrected chi connectivity index (χ4v) is 3.53. The minimum Gasteiger partial charge on any atom is -0.383 e. The lowest BCUT2D eigenvalue weighted by molar-refractivity contribution is -0.141. The zero-order chi connectivity index (χ0) is 24.8. The first-order chi connectivity index (χ1) is 15.9. The number of benzene rings is 1. The van der Waals surface area contributed by atoms with Crippen LogP contribution < -0.4 is 11.1 Å². The maximum absolute atomic E-state index is 14.2. The van der Waals surface area contributed by atoms with Crippen LogP contribution in [0.1, 0.15) is 21.7 Å². The lowest BCUT2D eigenvalue weighted by Gasteiger charge is -2.13. The van der Waals surface area contributed by atoms with Crippen molar-refractivity contribution in [1.29, 1.82) is 0 Å². The van der Waals surface area contributed by atoms with Gasteiger partial charge < -0.3 is 11.1 Å². The van der Waals surface area contributed by atoms with Crippen LogP contribution in [-0.2, 0) is 19.4 Å². The summed E-state index contributed by atoms with van der Waals surface area (Å²) in [5.74, 6) is -1.20. The highest BCUT2D eigenvalue weighted by molar-refractivity contribution is 6.07. The molecule has 0 saturated heterocycles. The molecule has 4 rings (SSSR count). The minimum absolute atomic E-state index is 0.0526. The van der Waals surface area contributed by atoms with Crippen LogP contribution >= 0.6 is 0 Å². The first-order valence-electron chi connectivity index (χ1n) is 9.50. The second-order valence-electron chi connectivity index (χ2n) is 7.17. The summed E-state index contributed by atoms with van der Waals surface area (Å²) in [4.78, 5) is 19.9. The van der Waals surface area contributed by atoms with Crippen molar-refractivity contribution in [3.8, 4) is 11.3 Å². The molecule has 34 heavy (non-hydrogen) atoms. The van der Waals surface area contributed by atoms with E-state index in [9.17, 15) is 31.1 Å². The molecule has 0 aliphatic heterocycles. The number of rotatable bonds is 3. The van der Waals surface area contributed by atoms with Crippen molar-refractivity contribution in [2.24, 2.45) is 7.05 Å². The summed E-state index contributed by atoms with van der Waals surface area (Å²) in [6, 6.07) is 7.44. The van der Waals surface area contributed by atoms with Gasteiger partial charge in [0.1, 0.15) is 28.5 Å². The maximum atomic E-state index is 14.2.